The molecule has 0 saturated carbocycles. The largest absolute Gasteiger partial charge is 0.394 e. The first-order valence-electron chi connectivity index (χ1n) is 9.50. The topological polar surface area (TPSA) is 100 Å². The molecule has 0 saturated heterocycles. The van der Waals surface area contributed by atoms with E-state index in [0.717, 1.165) is 0 Å². The maximum absolute atomic E-state index is 12.9. The molecule has 1 unspecified atom stereocenters. The van der Waals surface area contributed by atoms with Crippen molar-refractivity contribution < 1.29 is 14.7 Å². The summed E-state index contributed by atoms with van der Waals surface area (Å²) >= 11 is 12.0. The van der Waals surface area contributed by atoms with E-state index in [1.807, 2.05) is 0 Å². The number of fused-ring (bicyclic) bond motifs is 1. The molecule has 0 aliphatic rings. The van der Waals surface area contributed by atoms with Gasteiger partial charge in [0, 0.05) is 29.7 Å². The summed E-state index contributed by atoms with van der Waals surface area (Å²) in [6, 6.07) is 10.5. The van der Waals surface area contributed by atoms with Gasteiger partial charge in [-0.3, -0.25) is 14.4 Å². The van der Waals surface area contributed by atoms with Crippen molar-refractivity contribution in [2.24, 2.45) is 0 Å². The van der Waals surface area contributed by atoms with E-state index < -0.39 is 30.0 Å². The predicted molar refractivity (Wildman–Crippen MR) is 122 cm³/mol. The summed E-state index contributed by atoms with van der Waals surface area (Å²) in [5.41, 5.74) is 0.707. The molecule has 1 aromatic heterocycles. The molecule has 7 nitrogen and oxygen atoms in total. The van der Waals surface area contributed by atoms with E-state index in [9.17, 15) is 19.5 Å². The minimum atomic E-state index is -1.05. The Hall–Kier alpha value is -2.87. The SMILES string of the molecule is CNC(=O)[C@@H](CO)n1ccc2c(NC(=O)C(C)c3ccc(Cl)c(Cl)c3)cccc2c1=O. The number of amides is 2. The highest BCUT2D eigenvalue weighted by Gasteiger charge is 2.21. The zero-order chi connectivity index (χ0) is 22.7. The second-order valence-electron chi connectivity index (χ2n) is 6.99. The van der Waals surface area contributed by atoms with Crippen LogP contribution in [0.5, 0.6) is 0 Å². The Kier molecular flexibility index (Phi) is 7.00. The van der Waals surface area contributed by atoms with Crippen molar-refractivity contribution in [2.45, 2.75) is 18.9 Å². The average molecular weight is 462 g/mol. The molecule has 1 heterocycles. The van der Waals surface area contributed by atoms with Crippen LogP contribution in [0.4, 0.5) is 5.69 Å². The van der Waals surface area contributed by atoms with Crippen LogP contribution in [0.1, 0.15) is 24.4 Å². The number of rotatable bonds is 6. The molecule has 2 aromatic carbocycles. The Morgan fingerprint density at radius 1 is 1.06 bits per heavy atom. The highest BCUT2D eigenvalue weighted by atomic mass is 35.5. The van der Waals surface area contributed by atoms with E-state index in [2.05, 4.69) is 10.6 Å². The van der Waals surface area contributed by atoms with Crippen molar-refractivity contribution >= 4 is 51.5 Å². The lowest BCUT2D eigenvalue weighted by Crippen LogP contribution is -2.37. The van der Waals surface area contributed by atoms with Crippen LogP contribution in [0, 0.1) is 0 Å². The molecule has 0 aliphatic carbocycles. The molecule has 0 spiro atoms. The summed E-state index contributed by atoms with van der Waals surface area (Å²) in [5, 5.41) is 16.4. The Balaban J connectivity index is 1.95. The van der Waals surface area contributed by atoms with Gasteiger partial charge in [0.15, 0.2) is 0 Å². The van der Waals surface area contributed by atoms with E-state index in [-0.39, 0.29) is 5.91 Å². The zero-order valence-corrected chi connectivity index (χ0v) is 18.4. The van der Waals surface area contributed by atoms with Gasteiger partial charge in [-0.1, -0.05) is 35.3 Å². The van der Waals surface area contributed by atoms with Crippen molar-refractivity contribution in [1.82, 2.24) is 9.88 Å². The molecule has 162 valence electrons. The first-order valence-corrected chi connectivity index (χ1v) is 10.3. The molecular formula is C22H21Cl2N3O4. The Morgan fingerprint density at radius 3 is 2.45 bits per heavy atom. The minimum Gasteiger partial charge on any atom is -0.394 e. The van der Waals surface area contributed by atoms with Gasteiger partial charge in [-0.15, -0.1) is 0 Å². The summed E-state index contributed by atoms with van der Waals surface area (Å²) in [6.45, 7) is 1.21. The zero-order valence-electron chi connectivity index (χ0n) is 16.9. The number of halogens is 2. The lowest BCUT2D eigenvalue weighted by Gasteiger charge is -2.18. The van der Waals surface area contributed by atoms with Crippen LogP contribution in [0.3, 0.4) is 0 Å². The van der Waals surface area contributed by atoms with E-state index in [4.69, 9.17) is 23.2 Å². The third-order valence-electron chi connectivity index (χ3n) is 5.13. The maximum Gasteiger partial charge on any atom is 0.259 e. The number of benzene rings is 2. The van der Waals surface area contributed by atoms with Gasteiger partial charge in [0.25, 0.3) is 5.56 Å². The molecule has 0 fully saturated rings. The molecule has 3 aromatic rings. The van der Waals surface area contributed by atoms with E-state index in [0.29, 0.717) is 32.1 Å². The highest BCUT2D eigenvalue weighted by Crippen LogP contribution is 2.28. The number of anilines is 1. The average Bonchev–Trinajstić information content (AvgIpc) is 2.77. The van der Waals surface area contributed by atoms with E-state index in [1.165, 1.54) is 17.8 Å². The van der Waals surface area contributed by atoms with Gasteiger partial charge in [-0.2, -0.15) is 0 Å². The van der Waals surface area contributed by atoms with Crippen LogP contribution < -0.4 is 16.2 Å². The molecule has 9 heteroatoms. The standard InChI is InChI=1S/C22H21Cl2N3O4/c1-12(13-6-7-16(23)17(24)10-13)20(29)26-18-5-3-4-15-14(18)8-9-27(22(15)31)19(11-28)21(30)25-2/h3-10,12,19,28H,11H2,1-2H3,(H,25,30)(H,26,29)/t12?,19-/m1/s1. The monoisotopic (exact) mass is 461 g/mol. The Morgan fingerprint density at radius 2 is 1.81 bits per heavy atom. The highest BCUT2D eigenvalue weighted by molar-refractivity contribution is 6.42. The fourth-order valence-electron chi connectivity index (χ4n) is 3.29. The molecule has 0 bridgehead atoms. The lowest BCUT2D eigenvalue weighted by molar-refractivity contribution is -0.125. The molecule has 3 rings (SSSR count). The smallest absolute Gasteiger partial charge is 0.259 e. The van der Waals surface area contributed by atoms with Crippen LogP contribution in [-0.2, 0) is 9.59 Å². The molecule has 2 atom stereocenters. The molecule has 3 N–H and O–H groups in total. The number of carbonyl (C=O) groups excluding carboxylic acids is 2. The number of carbonyl (C=O) groups is 2. The number of nitrogens with zero attached hydrogens (tertiary/aromatic N) is 1. The second-order valence-corrected chi connectivity index (χ2v) is 7.81. The number of aromatic nitrogens is 1. The van der Waals surface area contributed by atoms with Crippen LogP contribution in [0.15, 0.2) is 53.5 Å². The van der Waals surface area contributed by atoms with Crippen LogP contribution in [-0.4, -0.2) is 35.1 Å². The van der Waals surface area contributed by atoms with E-state index >= 15 is 0 Å². The normalized spacial score (nSPS) is 12.9. The van der Waals surface area contributed by atoms with Crippen molar-refractivity contribution in [1.29, 1.82) is 0 Å². The maximum atomic E-state index is 12.9. The summed E-state index contributed by atoms with van der Waals surface area (Å²) in [7, 11) is 1.43. The third-order valence-corrected chi connectivity index (χ3v) is 5.86. The van der Waals surface area contributed by atoms with Crippen molar-refractivity contribution in [2.75, 3.05) is 19.0 Å². The summed E-state index contributed by atoms with van der Waals surface area (Å²) in [4.78, 5) is 37.8. The first kappa shape index (κ1) is 22.8. The Labute approximate surface area is 188 Å². The molecular weight excluding hydrogens is 441 g/mol. The minimum absolute atomic E-state index is 0.284. The van der Waals surface area contributed by atoms with Gasteiger partial charge in [-0.05, 0) is 42.8 Å². The lowest BCUT2D eigenvalue weighted by atomic mass is 10.00. The van der Waals surface area contributed by atoms with Gasteiger partial charge in [-0.25, -0.2) is 0 Å². The third kappa shape index (κ3) is 4.58. The molecule has 0 aliphatic heterocycles. The summed E-state index contributed by atoms with van der Waals surface area (Å²) in [5.74, 6) is -1.28. The quantitative estimate of drug-likeness (QED) is 0.523. The fraction of sp³-hybridized carbons (Fsp3) is 0.227. The fourth-order valence-corrected chi connectivity index (χ4v) is 3.59. The second kappa shape index (κ2) is 9.51. The van der Waals surface area contributed by atoms with Crippen molar-refractivity contribution in [3.8, 4) is 0 Å². The Bertz CT molecular complexity index is 1210. The number of hydrogen-bond acceptors (Lipinski definition) is 4. The van der Waals surface area contributed by atoms with Crippen molar-refractivity contribution in [3.63, 3.8) is 0 Å². The van der Waals surface area contributed by atoms with Crippen LogP contribution >= 0.6 is 23.2 Å². The number of likely N-dealkylation sites (N-methyl/N-ethyl adjacent to an activating group) is 1. The van der Waals surface area contributed by atoms with Gasteiger partial charge in [0.05, 0.1) is 22.6 Å². The molecule has 0 radical (unpaired) electrons. The van der Waals surface area contributed by atoms with Gasteiger partial charge in [0.2, 0.25) is 11.8 Å². The number of aliphatic hydroxyl groups excluding tert-OH is 1. The number of aliphatic hydroxyl groups is 1. The van der Waals surface area contributed by atoms with Crippen molar-refractivity contribution in [3.05, 3.63) is 74.6 Å². The summed E-state index contributed by atoms with van der Waals surface area (Å²) in [6.07, 6.45) is 1.43. The number of hydrogen-bond donors (Lipinski definition) is 3. The van der Waals surface area contributed by atoms with Gasteiger partial charge in [0.1, 0.15) is 6.04 Å². The van der Waals surface area contributed by atoms with Gasteiger partial charge < -0.3 is 20.3 Å². The first-order chi connectivity index (χ1) is 14.8. The van der Waals surface area contributed by atoms with Crippen LogP contribution in [0.2, 0.25) is 10.0 Å². The number of nitrogens with one attached hydrogen (secondary N) is 2. The number of pyridine rings is 1. The van der Waals surface area contributed by atoms with Crippen LogP contribution in [0.25, 0.3) is 10.8 Å². The van der Waals surface area contributed by atoms with E-state index in [1.54, 1.807) is 49.4 Å². The predicted octanol–water partition coefficient (Wildman–Crippen LogP) is 3.33. The van der Waals surface area contributed by atoms with Gasteiger partial charge >= 0.3 is 0 Å². The summed E-state index contributed by atoms with van der Waals surface area (Å²) < 4.78 is 1.17. The molecule has 2 amide bonds. The molecule has 31 heavy (non-hydrogen) atoms.